The van der Waals surface area contributed by atoms with Gasteiger partial charge < -0.3 is 19.4 Å². The number of H-pyrrole nitrogens is 1. The lowest BCUT2D eigenvalue weighted by atomic mass is 10.0. The summed E-state index contributed by atoms with van der Waals surface area (Å²) < 4.78 is 48.6. The van der Waals surface area contributed by atoms with Crippen LogP contribution in [0.5, 0.6) is 5.75 Å². The summed E-state index contributed by atoms with van der Waals surface area (Å²) >= 11 is 0. The van der Waals surface area contributed by atoms with E-state index in [0.29, 0.717) is 30.0 Å². The fourth-order valence-corrected chi connectivity index (χ4v) is 3.94. The molecule has 0 saturated heterocycles. The lowest BCUT2D eigenvalue weighted by Gasteiger charge is -2.23. The van der Waals surface area contributed by atoms with Gasteiger partial charge in [0.25, 0.3) is 5.91 Å². The van der Waals surface area contributed by atoms with Gasteiger partial charge in [-0.15, -0.1) is 13.2 Å². The number of alkyl halides is 3. The number of nitrogens with zero attached hydrogens (tertiary/aromatic N) is 3. The second-order valence-electron chi connectivity index (χ2n) is 7.65. The molecule has 5 rings (SSSR count). The Bertz CT molecular complexity index is 1310. The summed E-state index contributed by atoms with van der Waals surface area (Å²) in [4.78, 5) is 17.7. The van der Waals surface area contributed by atoms with Crippen molar-refractivity contribution in [1.82, 2.24) is 19.7 Å². The number of hydrogen-bond donors (Lipinski definition) is 2. The first-order chi connectivity index (χ1) is 15.8. The highest BCUT2D eigenvalue weighted by molar-refractivity contribution is 6.08. The van der Waals surface area contributed by atoms with Gasteiger partial charge in [-0.05, 0) is 49.4 Å². The number of carbonyl (C=O) groups is 1. The molecule has 2 aromatic heterocycles. The molecule has 0 saturated carbocycles. The zero-order valence-electron chi connectivity index (χ0n) is 17.3. The van der Waals surface area contributed by atoms with Crippen LogP contribution in [-0.2, 0) is 11.3 Å². The number of rotatable bonds is 4. The Morgan fingerprint density at radius 2 is 2.03 bits per heavy atom. The first kappa shape index (κ1) is 21.0. The summed E-state index contributed by atoms with van der Waals surface area (Å²) in [6, 6.07) is 10.2. The van der Waals surface area contributed by atoms with Crippen molar-refractivity contribution in [2.75, 3.05) is 11.9 Å². The number of benzene rings is 2. The third-order valence-corrected chi connectivity index (χ3v) is 5.29. The van der Waals surface area contributed by atoms with Crippen molar-refractivity contribution in [3.8, 4) is 17.0 Å². The standard InChI is InChI=1S/C22H18F3N5O3/c1-12-10-32-11-19-28-18-9-13(8-16(20(18)30(12)19)17-6-7-26-29-17)21(31)27-14-2-4-15(5-3-14)33-22(23,24)25/h2-9,12H,10-11H2,1H3,(H,26,29)(H,27,31)/t12-/m0/s1. The quantitative estimate of drug-likeness (QED) is 0.465. The Balaban J connectivity index is 1.50. The number of ether oxygens (including phenoxy) is 2. The van der Waals surface area contributed by atoms with E-state index in [4.69, 9.17) is 4.74 Å². The number of carbonyl (C=O) groups excluding carboxylic acids is 1. The maximum Gasteiger partial charge on any atom is 0.573 e. The van der Waals surface area contributed by atoms with E-state index in [1.807, 2.05) is 6.92 Å². The predicted octanol–water partition coefficient (Wildman–Crippen LogP) is 4.67. The Hall–Kier alpha value is -3.86. The molecule has 170 valence electrons. The molecular formula is C22H18F3N5O3. The van der Waals surface area contributed by atoms with Crippen LogP contribution in [0.15, 0.2) is 48.7 Å². The number of aromatic nitrogens is 4. The van der Waals surface area contributed by atoms with Crippen molar-refractivity contribution >= 4 is 22.6 Å². The molecule has 1 aliphatic heterocycles. The van der Waals surface area contributed by atoms with Gasteiger partial charge in [-0.2, -0.15) is 5.10 Å². The van der Waals surface area contributed by atoms with E-state index in [1.165, 1.54) is 12.1 Å². The maximum absolute atomic E-state index is 13.0. The Morgan fingerprint density at radius 1 is 1.24 bits per heavy atom. The molecule has 3 heterocycles. The SMILES string of the molecule is C[C@H]1COCc2nc3cc(C(=O)Nc4ccc(OC(F)(F)F)cc4)cc(-c4ccn[nH]4)c3n21. The summed E-state index contributed by atoms with van der Waals surface area (Å²) in [6.45, 7) is 2.96. The van der Waals surface area contributed by atoms with Crippen LogP contribution < -0.4 is 10.1 Å². The number of fused-ring (bicyclic) bond motifs is 3. The molecule has 4 aromatic rings. The lowest BCUT2D eigenvalue weighted by molar-refractivity contribution is -0.274. The summed E-state index contributed by atoms with van der Waals surface area (Å²) in [5, 5.41) is 9.66. The van der Waals surface area contributed by atoms with Crippen LogP contribution in [0.25, 0.3) is 22.3 Å². The van der Waals surface area contributed by atoms with E-state index < -0.39 is 12.3 Å². The molecule has 11 heteroatoms. The zero-order valence-corrected chi connectivity index (χ0v) is 17.3. The smallest absolute Gasteiger partial charge is 0.406 e. The molecule has 33 heavy (non-hydrogen) atoms. The highest BCUT2D eigenvalue weighted by atomic mass is 19.4. The van der Waals surface area contributed by atoms with Gasteiger partial charge in [-0.3, -0.25) is 9.89 Å². The van der Waals surface area contributed by atoms with Gasteiger partial charge in [0.15, 0.2) is 0 Å². The van der Waals surface area contributed by atoms with Crippen LogP contribution in [-0.4, -0.2) is 38.6 Å². The minimum atomic E-state index is -4.78. The Morgan fingerprint density at radius 3 is 2.73 bits per heavy atom. The topological polar surface area (TPSA) is 94.1 Å². The lowest BCUT2D eigenvalue weighted by Crippen LogP contribution is -2.21. The van der Waals surface area contributed by atoms with Crippen molar-refractivity contribution in [2.24, 2.45) is 0 Å². The number of amides is 1. The Labute approximate surface area is 185 Å². The van der Waals surface area contributed by atoms with Gasteiger partial charge in [-0.25, -0.2) is 4.98 Å². The molecule has 2 aromatic carbocycles. The summed E-state index contributed by atoms with van der Waals surface area (Å²) in [6.07, 6.45) is -3.16. The van der Waals surface area contributed by atoms with Crippen molar-refractivity contribution in [2.45, 2.75) is 25.9 Å². The zero-order chi connectivity index (χ0) is 23.2. The van der Waals surface area contributed by atoms with Gasteiger partial charge in [0, 0.05) is 23.0 Å². The fourth-order valence-electron chi connectivity index (χ4n) is 3.94. The van der Waals surface area contributed by atoms with Gasteiger partial charge in [0.05, 0.1) is 29.4 Å². The largest absolute Gasteiger partial charge is 0.573 e. The highest BCUT2D eigenvalue weighted by Gasteiger charge is 2.31. The average Bonchev–Trinajstić information content (AvgIpc) is 3.41. The highest BCUT2D eigenvalue weighted by Crippen LogP contribution is 2.34. The van der Waals surface area contributed by atoms with E-state index >= 15 is 0 Å². The summed E-state index contributed by atoms with van der Waals surface area (Å²) in [7, 11) is 0. The number of nitrogens with one attached hydrogen (secondary N) is 2. The molecule has 0 aliphatic carbocycles. The molecule has 1 amide bonds. The van der Waals surface area contributed by atoms with Crippen LogP contribution in [0, 0.1) is 0 Å². The van der Waals surface area contributed by atoms with E-state index in [2.05, 4.69) is 29.8 Å². The Kier molecular flexibility index (Phi) is 5.05. The maximum atomic E-state index is 13.0. The molecule has 8 nitrogen and oxygen atoms in total. The van der Waals surface area contributed by atoms with Gasteiger partial charge in [0.2, 0.25) is 0 Å². The van der Waals surface area contributed by atoms with Crippen LogP contribution in [0.4, 0.5) is 18.9 Å². The van der Waals surface area contributed by atoms with Crippen molar-refractivity contribution in [3.05, 3.63) is 60.0 Å². The monoisotopic (exact) mass is 457 g/mol. The molecule has 2 N–H and O–H groups in total. The summed E-state index contributed by atoms with van der Waals surface area (Å²) in [5.74, 6) is -0.0388. The minimum absolute atomic E-state index is 0.0672. The molecule has 0 spiro atoms. The first-order valence-corrected chi connectivity index (χ1v) is 10.1. The van der Waals surface area contributed by atoms with E-state index in [1.54, 1.807) is 24.4 Å². The van der Waals surface area contributed by atoms with Crippen LogP contribution in [0.3, 0.4) is 0 Å². The number of halogens is 3. The fraction of sp³-hybridized carbons (Fsp3) is 0.227. The normalized spacial score (nSPS) is 15.9. The molecule has 1 atom stereocenters. The van der Waals surface area contributed by atoms with E-state index in [0.717, 1.165) is 34.7 Å². The number of hydrogen-bond acceptors (Lipinski definition) is 5. The predicted molar refractivity (Wildman–Crippen MR) is 113 cm³/mol. The molecule has 1 aliphatic rings. The summed E-state index contributed by atoms with van der Waals surface area (Å²) in [5.41, 5.74) is 3.65. The molecule has 0 fully saturated rings. The van der Waals surface area contributed by atoms with Crippen molar-refractivity contribution in [1.29, 1.82) is 0 Å². The number of aromatic amines is 1. The molecular weight excluding hydrogens is 439 g/mol. The van der Waals surface area contributed by atoms with Crippen molar-refractivity contribution in [3.63, 3.8) is 0 Å². The van der Waals surface area contributed by atoms with Gasteiger partial charge >= 0.3 is 6.36 Å². The molecule has 0 unspecified atom stereocenters. The second kappa shape index (κ2) is 7.93. The molecule has 0 bridgehead atoms. The number of anilines is 1. The average molecular weight is 457 g/mol. The first-order valence-electron chi connectivity index (χ1n) is 10.1. The van der Waals surface area contributed by atoms with Crippen molar-refractivity contribution < 1.29 is 27.4 Å². The van der Waals surface area contributed by atoms with Crippen LogP contribution in [0.1, 0.15) is 29.1 Å². The third-order valence-electron chi connectivity index (χ3n) is 5.29. The number of imidazole rings is 1. The van der Waals surface area contributed by atoms with Gasteiger partial charge in [0.1, 0.15) is 18.2 Å². The minimum Gasteiger partial charge on any atom is -0.406 e. The van der Waals surface area contributed by atoms with Crippen LogP contribution >= 0.6 is 0 Å². The van der Waals surface area contributed by atoms with Gasteiger partial charge in [-0.1, -0.05) is 0 Å². The van der Waals surface area contributed by atoms with Crippen LogP contribution in [0.2, 0.25) is 0 Å². The third kappa shape index (κ3) is 4.14. The van der Waals surface area contributed by atoms with E-state index in [-0.39, 0.29) is 11.8 Å². The molecule has 0 radical (unpaired) electrons. The second-order valence-corrected chi connectivity index (χ2v) is 7.65. The van der Waals surface area contributed by atoms with E-state index in [9.17, 15) is 18.0 Å².